The molecule has 1 rings (SSSR count). The third kappa shape index (κ3) is 3.36. The minimum absolute atomic E-state index is 0.358. The minimum atomic E-state index is -0.649. The molecule has 0 radical (unpaired) electrons. The summed E-state index contributed by atoms with van der Waals surface area (Å²) < 4.78 is 6.21. The van der Waals surface area contributed by atoms with E-state index >= 15 is 0 Å². The van der Waals surface area contributed by atoms with Gasteiger partial charge in [-0.1, -0.05) is 13.3 Å². The Hall–Kier alpha value is -1.36. The van der Waals surface area contributed by atoms with Crippen LogP contribution in [0, 0.1) is 0 Å². The maximum absolute atomic E-state index is 11.1. The molecule has 0 aliphatic rings. The van der Waals surface area contributed by atoms with Crippen molar-refractivity contribution >= 4 is 5.97 Å². The Bertz CT molecular complexity index is 322. The molecule has 0 amide bonds. The van der Waals surface area contributed by atoms with Gasteiger partial charge in [0.05, 0.1) is 19.9 Å². The lowest BCUT2D eigenvalue weighted by atomic mass is 10.2. The zero-order valence-corrected chi connectivity index (χ0v) is 9.14. The van der Waals surface area contributed by atoms with E-state index in [0.29, 0.717) is 6.54 Å². The summed E-state index contributed by atoms with van der Waals surface area (Å²) in [5.74, 6) is -0.414. The van der Waals surface area contributed by atoms with E-state index in [-0.39, 0.29) is 0 Å². The fourth-order valence-corrected chi connectivity index (χ4v) is 1.35. The molecule has 15 heavy (non-hydrogen) atoms. The predicted molar refractivity (Wildman–Crippen MR) is 56.2 cm³/mol. The second kappa shape index (κ2) is 5.50. The molecule has 84 valence electrons. The molecule has 0 aliphatic carbocycles. The Morgan fingerprint density at radius 2 is 2.47 bits per heavy atom. The number of carbonyl (C=O) groups excluding carboxylic acids is 1. The van der Waals surface area contributed by atoms with Gasteiger partial charge in [-0.2, -0.15) is 5.10 Å². The van der Waals surface area contributed by atoms with Crippen molar-refractivity contribution in [1.82, 2.24) is 9.78 Å². The number of nitrogens with two attached hydrogens (primary N) is 1. The van der Waals surface area contributed by atoms with E-state index in [2.05, 4.69) is 16.8 Å². The van der Waals surface area contributed by atoms with Crippen molar-refractivity contribution in [2.24, 2.45) is 5.73 Å². The van der Waals surface area contributed by atoms with Crippen LogP contribution in [0.2, 0.25) is 0 Å². The number of rotatable bonds is 5. The first-order valence-corrected chi connectivity index (χ1v) is 5.02. The Morgan fingerprint density at radius 3 is 3.07 bits per heavy atom. The van der Waals surface area contributed by atoms with Gasteiger partial charge in [0.2, 0.25) is 0 Å². The molecule has 0 saturated heterocycles. The largest absolute Gasteiger partial charge is 0.468 e. The van der Waals surface area contributed by atoms with Crippen LogP contribution in [0.1, 0.15) is 18.9 Å². The van der Waals surface area contributed by atoms with E-state index < -0.39 is 12.0 Å². The molecule has 1 aromatic heterocycles. The van der Waals surface area contributed by atoms with Crippen molar-refractivity contribution in [3.8, 4) is 0 Å². The van der Waals surface area contributed by atoms with E-state index in [1.165, 1.54) is 7.11 Å². The summed E-state index contributed by atoms with van der Waals surface area (Å²) in [7, 11) is 1.33. The molecule has 1 unspecified atom stereocenters. The molecule has 1 heterocycles. The molecule has 0 saturated carbocycles. The first-order chi connectivity index (χ1) is 7.17. The summed E-state index contributed by atoms with van der Waals surface area (Å²) in [6, 6.07) is -0.649. The first-order valence-electron chi connectivity index (χ1n) is 5.02. The van der Waals surface area contributed by atoms with Gasteiger partial charge in [0, 0.05) is 6.20 Å². The summed E-state index contributed by atoms with van der Waals surface area (Å²) in [4.78, 5) is 11.1. The molecule has 5 heteroatoms. The van der Waals surface area contributed by atoms with Crippen LogP contribution in [-0.4, -0.2) is 28.9 Å². The molecular weight excluding hydrogens is 194 g/mol. The highest BCUT2D eigenvalue weighted by molar-refractivity contribution is 5.75. The van der Waals surface area contributed by atoms with E-state index in [0.717, 1.165) is 18.4 Å². The van der Waals surface area contributed by atoms with Crippen LogP contribution in [0.5, 0.6) is 0 Å². The second-order valence-electron chi connectivity index (χ2n) is 3.45. The lowest BCUT2D eigenvalue weighted by Gasteiger charge is -2.08. The number of hydrogen-bond donors (Lipinski definition) is 1. The van der Waals surface area contributed by atoms with Crippen LogP contribution in [0.25, 0.3) is 0 Å². The smallest absolute Gasteiger partial charge is 0.324 e. The Kier molecular flexibility index (Phi) is 4.30. The number of nitrogens with zero attached hydrogens (tertiary/aromatic N) is 2. The van der Waals surface area contributed by atoms with Crippen molar-refractivity contribution in [2.75, 3.05) is 7.11 Å². The molecule has 0 fully saturated rings. The van der Waals surface area contributed by atoms with Gasteiger partial charge in [0.25, 0.3) is 0 Å². The monoisotopic (exact) mass is 211 g/mol. The van der Waals surface area contributed by atoms with Crippen molar-refractivity contribution in [2.45, 2.75) is 32.4 Å². The number of methoxy groups -OCH3 is 1. The SMILES string of the molecule is CCCc1cnn(CC(N)C(=O)OC)c1. The Morgan fingerprint density at radius 1 is 1.73 bits per heavy atom. The van der Waals surface area contributed by atoms with Gasteiger partial charge in [-0.3, -0.25) is 9.48 Å². The van der Waals surface area contributed by atoms with E-state index in [4.69, 9.17) is 5.73 Å². The van der Waals surface area contributed by atoms with Gasteiger partial charge < -0.3 is 10.5 Å². The first kappa shape index (κ1) is 11.7. The van der Waals surface area contributed by atoms with Crippen molar-refractivity contribution in [3.63, 3.8) is 0 Å². The lowest BCUT2D eigenvalue weighted by Crippen LogP contribution is -2.35. The van der Waals surface area contributed by atoms with E-state index in [1.54, 1.807) is 10.9 Å². The molecule has 2 N–H and O–H groups in total. The maximum atomic E-state index is 11.1. The maximum Gasteiger partial charge on any atom is 0.324 e. The van der Waals surface area contributed by atoms with Crippen LogP contribution in [0.15, 0.2) is 12.4 Å². The van der Waals surface area contributed by atoms with Gasteiger partial charge in [0.15, 0.2) is 0 Å². The number of carbonyl (C=O) groups is 1. The van der Waals surface area contributed by atoms with Crippen molar-refractivity contribution < 1.29 is 9.53 Å². The topological polar surface area (TPSA) is 70.1 Å². The zero-order chi connectivity index (χ0) is 11.3. The van der Waals surface area contributed by atoms with Gasteiger partial charge in [-0.05, 0) is 12.0 Å². The summed E-state index contributed by atoms with van der Waals surface area (Å²) >= 11 is 0. The van der Waals surface area contributed by atoms with Crippen LogP contribution < -0.4 is 5.73 Å². The highest BCUT2D eigenvalue weighted by Crippen LogP contribution is 2.02. The number of aryl methyl sites for hydroxylation is 1. The second-order valence-corrected chi connectivity index (χ2v) is 3.45. The molecule has 5 nitrogen and oxygen atoms in total. The third-order valence-electron chi connectivity index (χ3n) is 2.11. The van der Waals surface area contributed by atoms with E-state index in [9.17, 15) is 4.79 Å². The molecular formula is C10H17N3O2. The Balaban J connectivity index is 2.53. The van der Waals surface area contributed by atoms with Crippen molar-refractivity contribution in [3.05, 3.63) is 18.0 Å². The zero-order valence-electron chi connectivity index (χ0n) is 9.14. The molecule has 0 aromatic carbocycles. The quantitative estimate of drug-likeness (QED) is 0.713. The fourth-order valence-electron chi connectivity index (χ4n) is 1.35. The van der Waals surface area contributed by atoms with Crippen LogP contribution >= 0.6 is 0 Å². The minimum Gasteiger partial charge on any atom is -0.468 e. The molecule has 0 spiro atoms. The molecule has 1 atom stereocenters. The number of hydrogen-bond acceptors (Lipinski definition) is 4. The number of aromatic nitrogens is 2. The van der Waals surface area contributed by atoms with Crippen LogP contribution in [-0.2, 0) is 22.5 Å². The summed E-state index contributed by atoms with van der Waals surface area (Å²) in [5.41, 5.74) is 6.77. The molecule has 0 aliphatic heterocycles. The number of ether oxygens (including phenoxy) is 1. The standard InChI is InChI=1S/C10H17N3O2/c1-3-4-8-5-12-13(6-8)7-9(11)10(14)15-2/h5-6,9H,3-4,7,11H2,1-2H3. The molecule has 1 aromatic rings. The lowest BCUT2D eigenvalue weighted by molar-refractivity contribution is -0.142. The van der Waals surface area contributed by atoms with E-state index in [1.807, 2.05) is 6.20 Å². The van der Waals surface area contributed by atoms with Crippen molar-refractivity contribution in [1.29, 1.82) is 0 Å². The summed E-state index contributed by atoms with van der Waals surface area (Å²) in [6.45, 7) is 2.47. The fraction of sp³-hybridized carbons (Fsp3) is 0.600. The van der Waals surface area contributed by atoms with Gasteiger partial charge in [-0.25, -0.2) is 0 Å². The molecule has 0 bridgehead atoms. The average Bonchev–Trinajstić information content (AvgIpc) is 2.65. The Labute approximate surface area is 89.2 Å². The normalized spacial score (nSPS) is 12.5. The van der Waals surface area contributed by atoms with Gasteiger partial charge in [-0.15, -0.1) is 0 Å². The number of esters is 1. The van der Waals surface area contributed by atoms with Gasteiger partial charge >= 0.3 is 5.97 Å². The summed E-state index contributed by atoms with van der Waals surface area (Å²) in [6.07, 6.45) is 5.78. The van der Waals surface area contributed by atoms with Crippen LogP contribution in [0.4, 0.5) is 0 Å². The summed E-state index contributed by atoms with van der Waals surface area (Å²) in [5, 5.41) is 4.12. The average molecular weight is 211 g/mol. The third-order valence-corrected chi connectivity index (χ3v) is 2.11. The van der Waals surface area contributed by atoms with Gasteiger partial charge in [0.1, 0.15) is 6.04 Å². The predicted octanol–water partition coefficient (Wildman–Crippen LogP) is 0.336. The highest BCUT2D eigenvalue weighted by Gasteiger charge is 2.14. The van der Waals surface area contributed by atoms with Crippen LogP contribution in [0.3, 0.4) is 0 Å². The highest BCUT2D eigenvalue weighted by atomic mass is 16.5.